The smallest absolute Gasteiger partial charge is 0.286 e. The lowest BCUT2D eigenvalue weighted by molar-refractivity contribution is -0.126. The van der Waals surface area contributed by atoms with E-state index in [9.17, 15) is 14.4 Å². The highest BCUT2D eigenvalue weighted by molar-refractivity contribution is 7.15. The molecule has 2 N–H and O–H groups in total. The molecule has 3 amide bonds. The number of hydrogen-bond donors (Lipinski definition) is 2. The van der Waals surface area contributed by atoms with Gasteiger partial charge in [-0.05, 0) is 38.3 Å². The van der Waals surface area contributed by atoms with Crippen LogP contribution in [0.5, 0.6) is 0 Å². The third kappa shape index (κ3) is 6.31. The zero-order chi connectivity index (χ0) is 22.2. The molecule has 1 saturated heterocycles. The maximum atomic E-state index is 12.9. The number of rotatable bonds is 8. The predicted molar refractivity (Wildman–Crippen MR) is 117 cm³/mol. The molecule has 9 nitrogen and oxygen atoms in total. The summed E-state index contributed by atoms with van der Waals surface area (Å²) < 4.78 is 4.98. The summed E-state index contributed by atoms with van der Waals surface area (Å²) in [5, 5.41) is 13.7. The number of carbonyl (C=O) groups excluding carboxylic acids is 3. The normalized spacial score (nSPS) is 16.1. The minimum atomic E-state index is -0.410. The summed E-state index contributed by atoms with van der Waals surface area (Å²) in [5.41, 5.74) is 1.74. The standard InChI is InChI=1S/C21H27N5O4S/c1-14-6-8-16(9-7-14)23-18(28)19-24-25-20(31-19)21(29)26-11-3-5-15(13-26)17(27)22-10-4-12-30-2/h6-9,15H,3-5,10-13H2,1-2H3,(H,22,27)(H,23,28)/t15-/m1/s1. The molecule has 1 atom stereocenters. The Bertz CT molecular complexity index is 915. The molecular formula is C21H27N5O4S. The van der Waals surface area contributed by atoms with Gasteiger partial charge in [0, 0.05) is 39.0 Å². The maximum absolute atomic E-state index is 12.9. The molecule has 0 saturated carbocycles. The summed E-state index contributed by atoms with van der Waals surface area (Å²) in [5.74, 6) is -1.02. The number of nitrogens with one attached hydrogen (secondary N) is 2. The number of anilines is 1. The number of likely N-dealkylation sites (tertiary alicyclic amines) is 1. The van der Waals surface area contributed by atoms with Crippen molar-refractivity contribution >= 4 is 34.7 Å². The molecule has 0 radical (unpaired) electrons. The van der Waals surface area contributed by atoms with Crippen LogP contribution in [0.25, 0.3) is 0 Å². The van der Waals surface area contributed by atoms with Crippen LogP contribution in [0, 0.1) is 12.8 Å². The van der Waals surface area contributed by atoms with Crippen molar-refractivity contribution < 1.29 is 19.1 Å². The van der Waals surface area contributed by atoms with Gasteiger partial charge in [-0.2, -0.15) is 0 Å². The molecule has 1 fully saturated rings. The van der Waals surface area contributed by atoms with E-state index in [1.165, 1.54) is 0 Å². The number of carbonyl (C=O) groups is 3. The Kier molecular flexibility index (Phi) is 8.07. The topological polar surface area (TPSA) is 114 Å². The first-order valence-electron chi connectivity index (χ1n) is 10.3. The zero-order valence-corrected chi connectivity index (χ0v) is 18.5. The Morgan fingerprint density at radius 2 is 1.94 bits per heavy atom. The molecule has 1 aliphatic rings. The van der Waals surface area contributed by atoms with Crippen LogP contribution >= 0.6 is 11.3 Å². The summed E-state index contributed by atoms with van der Waals surface area (Å²) in [7, 11) is 1.62. The Hall–Kier alpha value is -2.85. The molecule has 0 bridgehead atoms. The third-order valence-electron chi connectivity index (χ3n) is 5.02. The monoisotopic (exact) mass is 445 g/mol. The van der Waals surface area contributed by atoms with Crippen LogP contribution in [0.15, 0.2) is 24.3 Å². The number of methoxy groups -OCH3 is 1. The lowest BCUT2D eigenvalue weighted by atomic mass is 9.97. The minimum Gasteiger partial charge on any atom is -0.385 e. The van der Waals surface area contributed by atoms with Crippen LogP contribution in [0.3, 0.4) is 0 Å². The van der Waals surface area contributed by atoms with Crippen molar-refractivity contribution in [2.24, 2.45) is 5.92 Å². The van der Waals surface area contributed by atoms with Crippen LogP contribution in [0.2, 0.25) is 0 Å². The van der Waals surface area contributed by atoms with Crippen molar-refractivity contribution in [3.8, 4) is 0 Å². The molecule has 2 aromatic rings. The van der Waals surface area contributed by atoms with E-state index in [4.69, 9.17) is 4.74 Å². The lowest BCUT2D eigenvalue weighted by Crippen LogP contribution is -2.45. The second-order valence-electron chi connectivity index (χ2n) is 7.46. The largest absolute Gasteiger partial charge is 0.385 e. The summed E-state index contributed by atoms with van der Waals surface area (Å²) in [4.78, 5) is 39.3. The van der Waals surface area contributed by atoms with Crippen molar-refractivity contribution in [2.45, 2.75) is 26.2 Å². The van der Waals surface area contributed by atoms with E-state index in [1.54, 1.807) is 24.1 Å². The van der Waals surface area contributed by atoms with Crippen LogP contribution in [-0.2, 0) is 9.53 Å². The fourth-order valence-electron chi connectivity index (χ4n) is 3.31. The highest BCUT2D eigenvalue weighted by Gasteiger charge is 2.30. The first-order chi connectivity index (χ1) is 15.0. The van der Waals surface area contributed by atoms with E-state index in [0.29, 0.717) is 31.9 Å². The SMILES string of the molecule is COCCCNC(=O)[C@@H]1CCCN(C(=O)c2nnc(C(=O)Nc3ccc(C)cc3)s2)C1. The van der Waals surface area contributed by atoms with Gasteiger partial charge in [-0.15, -0.1) is 10.2 Å². The van der Waals surface area contributed by atoms with Crippen LogP contribution in [0.4, 0.5) is 5.69 Å². The number of benzene rings is 1. The molecule has 2 heterocycles. The van der Waals surface area contributed by atoms with E-state index in [-0.39, 0.29) is 27.7 Å². The number of aryl methyl sites for hydroxylation is 1. The van der Waals surface area contributed by atoms with Gasteiger partial charge in [-0.3, -0.25) is 14.4 Å². The predicted octanol–water partition coefficient (Wildman–Crippen LogP) is 2.10. The highest BCUT2D eigenvalue weighted by Crippen LogP contribution is 2.21. The molecule has 0 unspecified atom stereocenters. The van der Waals surface area contributed by atoms with E-state index in [0.717, 1.165) is 36.2 Å². The summed E-state index contributed by atoms with van der Waals surface area (Å²) >= 11 is 0.954. The average Bonchev–Trinajstić information content (AvgIpc) is 3.28. The third-order valence-corrected chi connectivity index (χ3v) is 5.93. The number of hydrogen-bond acceptors (Lipinski definition) is 7. The molecule has 3 rings (SSSR count). The summed E-state index contributed by atoms with van der Waals surface area (Å²) in [6, 6.07) is 7.39. The number of nitrogens with zero attached hydrogens (tertiary/aromatic N) is 3. The summed E-state index contributed by atoms with van der Waals surface area (Å²) in [6.45, 7) is 3.99. The van der Waals surface area contributed by atoms with E-state index in [2.05, 4.69) is 20.8 Å². The van der Waals surface area contributed by atoms with Gasteiger partial charge in [0.1, 0.15) is 0 Å². The Labute approximate surface area is 185 Å². The molecule has 1 aromatic heterocycles. The van der Waals surface area contributed by atoms with E-state index < -0.39 is 5.91 Å². The Morgan fingerprint density at radius 1 is 1.19 bits per heavy atom. The van der Waals surface area contributed by atoms with Crippen molar-refractivity contribution in [1.29, 1.82) is 0 Å². The first-order valence-corrected chi connectivity index (χ1v) is 11.1. The molecule has 166 valence electrons. The highest BCUT2D eigenvalue weighted by atomic mass is 32.1. The first kappa shape index (κ1) is 22.8. The molecule has 0 aliphatic carbocycles. The van der Waals surface area contributed by atoms with Crippen molar-refractivity contribution in [3.05, 3.63) is 39.8 Å². The lowest BCUT2D eigenvalue weighted by Gasteiger charge is -2.31. The van der Waals surface area contributed by atoms with Gasteiger partial charge < -0.3 is 20.3 Å². The van der Waals surface area contributed by atoms with E-state index in [1.807, 2.05) is 19.1 Å². The van der Waals surface area contributed by atoms with Gasteiger partial charge in [-0.1, -0.05) is 29.0 Å². The number of aromatic nitrogens is 2. The quantitative estimate of drug-likeness (QED) is 0.602. The fraction of sp³-hybridized carbons (Fsp3) is 0.476. The number of ether oxygens (including phenoxy) is 1. The second-order valence-corrected chi connectivity index (χ2v) is 8.44. The molecule has 0 spiro atoms. The van der Waals surface area contributed by atoms with Gasteiger partial charge >= 0.3 is 0 Å². The van der Waals surface area contributed by atoms with Gasteiger partial charge in [0.05, 0.1) is 5.92 Å². The average molecular weight is 446 g/mol. The maximum Gasteiger partial charge on any atom is 0.286 e. The van der Waals surface area contributed by atoms with Crippen LogP contribution in [0.1, 0.15) is 44.4 Å². The number of piperidine rings is 1. The van der Waals surface area contributed by atoms with Gasteiger partial charge in [0.25, 0.3) is 11.8 Å². The molecule has 10 heteroatoms. The van der Waals surface area contributed by atoms with E-state index >= 15 is 0 Å². The van der Waals surface area contributed by atoms with Crippen molar-refractivity contribution in [1.82, 2.24) is 20.4 Å². The van der Waals surface area contributed by atoms with Gasteiger partial charge in [0.2, 0.25) is 15.9 Å². The van der Waals surface area contributed by atoms with Crippen LogP contribution < -0.4 is 10.6 Å². The summed E-state index contributed by atoms with van der Waals surface area (Å²) in [6.07, 6.45) is 2.22. The molecule has 1 aliphatic heterocycles. The zero-order valence-electron chi connectivity index (χ0n) is 17.7. The van der Waals surface area contributed by atoms with Gasteiger partial charge in [0.15, 0.2) is 0 Å². The van der Waals surface area contributed by atoms with Crippen LogP contribution in [-0.4, -0.2) is 66.2 Å². The molecular weight excluding hydrogens is 418 g/mol. The van der Waals surface area contributed by atoms with Gasteiger partial charge in [-0.25, -0.2) is 0 Å². The Morgan fingerprint density at radius 3 is 2.68 bits per heavy atom. The van der Waals surface area contributed by atoms with Crippen molar-refractivity contribution in [2.75, 3.05) is 38.7 Å². The van der Waals surface area contributed by atoms with Crippen molar-refractivity contribution in [3.63, 3.8) is 0 Å². The fourth-order valence-corrected chi connectivity index (χ4v) is 4.01. The second kappa shape index (κ2) is 11.0. The molecule has 1 aromatic carbocycles. The molecule has 31 heavy (non-hydrogen) atoms. The number of amides is 3. The Balaban J connectivity index is 1.56. The minimum absolute atomic E-state index is 0.0518.